The van der Waals surface area contributed by atoms with Crippen LogP contribution in [-0.2, 0) is 23.8 Å². The van der Waals surface area contributed by atoms with Crippen LogP contribution >= 0.6 is 0 Å². The van der Waals surface area contributed by atoms with E-state index in [0.29, 0.717) is 37.8 Å². The molecule has 1 N–H and O–H groups in total. The average molecular weight is 356 g/mol. The van der Waals surface area contributed by atoms with E-state index in [1.54, 1.807) is 0 Å². The van der Waals surface area contributed by atoms with Crippen LogP contribution in [0.2, 0.25) is 0 Å². The number of epoxide rings is 1. The van der Waals surface area contributed by atoms with Gasteiger partial charge in [-0.2, -0.15) is 0 Å². The van der Waals surface area contributed by atoms with Gasteiger partial charge in [0.25, 0.3) is 0 Å². The minimum Gasteiger partial charge on any atom is -0.465 e. The Hall–Kier alpha value is -1.14. The van der Waals surface area contributed by atoms with E-state index in [0.717, 1.165) is 32.1 Å². The van der Waals surface area contributed by atoms with Gasteiger partial charge in [-0.25, -0.2) is 0 Å². The number of aliphatic hydroxyl groups excluding tert-OH is 1. The molecule has 5 unspecified atom stereocenters. The highest BCUT2D eigenvalue weighted by atomic mass is 16.6. The average Bonchev–Trinajstić information content (AvgIpc) is 3.29. The molecule has 0 amide bonds. The largest absolute Gasteiger partial charge is 0.465 e. The van der Waals surface area contributed by atoms with Crippen molar-refractivity contribution in [1.82, 2.24) is 0 Å². The van der Waals surface area contributed by atoms with E-state index >= 15 is 0 Å². The Morgan fingerprint density at radius 1 is 1.20 bits per heavy atom. The van der Waals surface area contributed by atoms with Crippen LogP contribution in [0.5, 0.6) is 0 Å². The molecular weight excluding hydrogens is 324 g/mol. The Morgan fingerprint density at radius 2 is 1.88 bits per heavy atom. The van der Waals surface area contributed by atoms with Crippen molar-refractivity contribution >= 4 is 11.9 Å². The number of hydrogen-bond donors (Lipinski definition) is 1. The number of esters is 2. The topological polar surface area (TPSA) is 85.4 Å². The number of aliphatic hydroxyl groups is 1. The molecule has 1 aliphatic heterocycles. The number of carbonyl (C=O) groups is 2. The van der Waals surface area contributed by atoms with Crippen LogP contribution in [0.1, 0.15) is 65.2 Å². The second-order valence-corrected chi connectivity index (χ2v) is 7.44. The van der Waals surface area contributed by atoms with E-state index in [1.807, 2.05) is 6.92 Å². The monoisotopic (exact) mass is 356 g/mol. The third-order valence-electron chi connectivity index (χ3n) is 5.23. The fourth-order valence-corrected chi connectivity index (χ4v) is 3.34. The van der Waals surface area contributed by atoms with Crippen LogP contribution in [0, 0.1) is 11.8 Å². The van der Waals surface area contributed by atoms with Crippen LogP contribution in [0.4, 0.5) is 0 Å². The molecule has 6 heteroatoms. The third-order valence-corrected chi connectivity index (χ3v) is 5.23. The van der Waals surface area contributed by atoms with Crippen molar-refractivity contribution in [3.8, 4) is 0 Å². The minimum atomic E-state index is -0.371. The zero-order valence-electron chi connectivity index (χ0n) is 15.4. The summed E-state index contributed by atoms with van der Waals surface area (Å²) in [5.41, 5.74) is 0. The summed E-state index contributed by atoms with van der Waals surface area (Å²) >= 11 is 0. The molecule has 0 aromatic carbocycles. The summed E-state index contributed by atoms with van der Waals surface area (Å²) in [5, 5.41) is 9.61. The number of rotatable bonds is 10. The Kier molecular flexibility index (Phi) is 8.16. The van der Waals surface area contributed by atoms with Crippen molar-refractivity contribution < 1.29 is 28.9 Å². The SMILES string of the molecule is CCC(COC(=O)CCC(=O)OCC1CCCC(O)C1)CC1OC1C. The summed E-state index contributed by atoms with van der Waals surface area (Å²) in [5.74, 6) is -0.182. The molecule has 0 aromatic rings. The predicted molar refractivity (Wildman–Crippen MR) is 91.8 cm³/mol. The Labute approximate surface area is 150 Å². The normalized spacial score (nSPS) is 29.7. The lowest BCUT2D eigenvalue weighted by atomic mass is 9.88. The maximum absolute atomic E-state index is 11.8. The maximum Gasteiger partial charge on any atom is 0.306 e. The van der Waals surface area contributed by atoms with Gasteiger partial charge in [0, 0.05) is 0 Å². The number of hydrogen-bond acceptors (Lipinski definition) is 6. The molecule has 2 fully saturated rings. The van der Waals surface area contributed by atoms with Gasteiger partial charge in [0.1, 0.15) is 0 Å². The zero-order chi connectivity index (χ0) is 18.2. The molecule has 1 heterocycles. The van der Waals surface area contributed by atoms with Gasteiger partial charge in [-0.15, -0.1) is 0 Å². The molecule has 6 nitrogen and oxygen atoms in total. The first-order valence-electron chi connectivity index (χ1n) is 9.62. The van der Waals surface area contributed by atoms with E-state index in [-0.39, 0.29) is 36.8 Å². The van der Waals surface area contributed by atoms with Gasteiger partial charge >= 0.3 is 11.9 Å². The van der Waals surface area contributed by atoms with Gasteiger partial charge in [0.05, 0.1) is 44.4 Å². The number of ether oxygens (including phenoxy) is 3. The molecule has 0 spiro atoms. The first kappa shape index (κ1) is 20.2. The van der Waals surface area contributed by atoms with Gasteiger partial charge in [0.2, 0.25) is 0 Å². The number of carbonyl (C=O) groups excluding carboxylic acids is 2. The lowest BCUT2D eigenvalue weighted by molar-refractivity contribution is -0.152. The van der Waals surface area contributed by atoms with Crippen molar-refractivity contribution in [2.24, 2.45) is 11.8 Å². The van der Waals surface area contributed by atoms with E-state index in [1.165, 1.54) is 0 Å². The summed E-state index contributed by atoms with van der Waals surface area (Å²) < 4.78 is 15.9. The minimum absolute atomic E-state index is 0.0493. The second-order valence-electron chi connectivity index (χ2n) is 7.44. The molecule has 1 saturated carbocycles. The van der Waals surface area contributed by atoms with Crippen molar-refractivity contribution in [3.05, 3.63) is 0 Å². The predicted octanol–water partition coefficient (Wildman–Crippen LogP) is 2.61. The van der Waals surface area contributed by atoms with Crippen molar-refractivity contribution in [2.45, 2.75) is 83.5 Å². The highest BCUT2D eigenvalue weighted by molar-refractivity contribution is 5.77. The molecule has 2 aliphatic rings. The molecule has 2 rings (SSSR count). The van der Waals surface area contributed by atoms with Crippen LogP contribution in [0.3, 0.4) is 0 Å². The van der Waals surface area contributed by atoms with Crippen LogP contribution in [-0.4, -0.2) is 48.6 Å². The molecule has 5 atom stereocenters. The highest BCUT2D eigenvalue weighted by Gasteiger charge is 2.35. The molecular formula is C19H32O6. The highest BCUT2D eigenvalue weighted by Crippen LogP contribution is 2.29. The zero-order valence-corrected chi connectivity index (χ0v) is 15.4. The quantitative estimate of drug-likeness (QED) is 0.478. The molecule has 0 aromatic heterocycles. The third kappa shape index (κ3) is 7.74. The van der Waals surface area contributed by atoms with Gasteiger partial charge in [0.15, 0.2) is 0 Å². The molecule has 144 valence electrons. The van der Waals surface area contributed by atoms with E-state index in [4.69, 9.17) is 14.2 Å². The Balaban J connectivity index is 1.53. The summed E-state index contributed by atoms with van der Waals surface area (Å²) in [7, 11) is 0. The van der Waals surface area contributed by atoms with Crippen molar-refractivity contribution in [1.29, 1.82) is 0 Å². The van der Waals surface area contributed by atoms with E-state index in [9.17, 15) is 14.7 Å². The van der Waals surface area contributed by atoms with Crippen LogP contribution < -0.4 is 0 Å². The van der Waals surface area contributed by atoms with Gasteiger partial charge in [-0.3, -0.25) is 9.59 Å². The van der Waals surface area contributed by atoms with Crippen molar-refractivity contribution in [3.63, 3.8) is 0 Å². The van der Waals surface area contributed by atoms with E-state index in [2.05, 4.69) is 6.92 Å². The van der Waals surface area contributed by atoms with Crippen molar-refractivity contribution in [2.75, 3.05) is 13.2 Å². The standard InChI is InChI=1S/C19H32O6/c1-3-14(10-17-13(2)25-17)11-23-18(21)7-8-19(22)24-12-15-5-4-6-16(20)9-15/h13-17,20H,3-12H2,1-2H3. The first-order valence-corrected chi connectivity index (χ1v) is 9.62. The molecule has 1 saturated heterocycles. The first-order chi connectivity index (χ1) is 12.0. The lowest BCUT2D eigenvalue weighted by Gasteiger charge is -2.25. The van der Waals surface area contributed by atoms with Crippen LogP contribution in [0.15, 0.2) is 0 Å². The molecule has 25 heavy (non-hydrogen) atoms. The van der Waals surface area contributed by atoms with E-state index < -0.39 is 0 Å². The Morgan fingerprint density at radius 3 is 2.48 bits per heavy atom. The fraction of sp³-hybridized carbons (Fsp3) is 0.895. The van der Waals surface area contributed by atoms with Gasteiger partial charge in [-0.05, 0) is 50.9 Å². The maximum atomic E-state index is 11.8. The van der Waals surface area contributed by atoms with Gasteiger partial charge < -0.3 is 19.3 Å². The summed E-state index contributed by atoms with van der Waals surface area (Å²) in [6, 6.07) is 0. The molecule has 0 radical (unpaired) electrons. The Bertz CT molecular complexity index is 438. The lowest BCUT2D eigenvalue weighted by Crippen LogP contribution is -2.24. The summed E-state index contributed by atoms with van der Waals surface area (Å²) in [4.78, 5) is 23.5. The fourth-order valence-electron chi connectivity index (χ4n) is 3.34. The van der Waals surface area contributed by atoms with Gasteiger partial charge in [-0.1, -0.05) is 13.3 Å². The molecule has 1 aliphatic carbocycles. The summed E-state index contributed by atoms with van der Waals surface area (Å²) in [6.45, 7) is 4.84. The van der Waals surface area contributed by atoms with Crippen LogP contribution in [0.25, 0.3) is 0 Å². The second kappa shape index (κ2) is 10.1. The molecule has 0 bridgehead atoms. The smallest absolute Gasteiger partial charge is 0.306 e. The summed E-state index contributed by atoms with van der Waals surface area (Å²) in [6.07, 6.45) is 5.79.